The summed E-state index contributed by atoms with van der Waals surface area (Å²) in [5.74, 6) is -0.776. The smallest absolute Gasteiger partial charge is 0.263 e. The Morgan fingerprint density at radius 3 is 1.88 bits per heavy atom. The van der Waals surface area contributed by atoms with Gasteiger partial charge >= 0.3 is 0 Å². The third-order valence-corrected chi connectivity index (χ3v) is 7.10. The van der Waals surface area contributed by atoms with Crippen LogP contribution in [-0.4, -0.2) is 38.0 Å². The Morgan fingerprint density at radius 1 is 1.00 bits per heavy atom. The molecule has 0 aromatic carbocycles. The third kappa shape index (κ3) is 3.59. The molecule has 0 amide bonds. The molecule has 0 spiro atoms. The van der Waals surface area contributed by atoms with Crippen molar-refractivity contribution in [2.75, 3.05) is 4.90 Å². The summed E-state index contributed by atoms with van der Waals surface area (Å²) >= 11 is 12.0. The van der Waals surface area contributed by atoms with Gasteiger partial charge in [0.2, 0.25) is 5.95 Å². The fourth-order valence-corrected chi connectivity index (χ4v) is 5.24. The van der Waals surface area contributed by atoms with Gasteiger partial charge in [-0.2, -0.15) is 4.39 Å². The molecule has 2 heterocycles. The second-order valence-corrected chi connectivity index (χ2v) is 8.98. The molecule has 11 heteroatoms. The number of anilines is 1. The van der Waals surface area contributed by atoms with E-state index >= 15 is 0 Å². The molecular weight excluding hydrogens is 462 g/mol. The first-order chi connectivity index (χ1) is 15.2. The number of hydrogen-bond acceptors (Lipinski definition) is 6. The van der Waals surface area contributed by atoms with Crippen molar-refractivity contribution in [3.05, 3.63) is 91.0 Å². The molecule has 3 aliphatic rings. The number of pyridine rings is 1. The van der Waals surface area contributed by atoms with Crippen molar-refractivity contribution in [2.45, 2.75) is 48.8 Å². The molecule has 1 aromatic heterocycles. The molecule has 0 bridgehead atoms. The highest BCUT2D eigenvalue weighted by Crippen LogP contribution is 2.47. The lowest BCUT2D eigenvalue weighted by molar-refractivity contribution is -0.561. The highest BCUT2D eigenvalue weighted by Gasteiger charge is 2.62. The van der Waals surface area contributed by atoms with Crippen molar-refractivity contribution in [3.8, 4) is 0 Å². The van der Waals surface area contributed by atoms with Gasteiger partial charge in [-0.3, -0.25) is 20.2 Å². The first-order valence-electron chi connectivity index (χ1n) is 9.98. The Kier molecular flexibility index (Phi) is 5.81. The fourth-order valence-electron chi connectivity index (χ4n) is 4.96. The zero-order valence-electron chi connectivity index (χ0n) is 16.7. The summed E-state index contributed by atoms with van der Waals surface area (Å²) < 4.78 is 14.1. The molecule has 0 N–H and O–H groups in total. The zero-order valence-corrected chi connectivity index (χ0v) is 18.2. The molecule has 2 unspecified atom stereocenters. The average Bonchev–Trinajstić information content (AvgIpc) is 3.21. The van der Waals surface area contributed by atoms with Crippen LogP contribution in [-0.2, 0) is 0 Å². The van der Waals surface area contributed by atoms with Gasteiger partial charge < -0.3 is 4.90 Å². The van der Waals surface area contributed by atoms with Crippen LogP contribution < -0.4 is 4.90 Å². The van der Waals surface area contributed by atoms with Gasteiger partial charge in [0.15, 0.2) is 0 Å². The van der Waals surface area contributed by atoms with Gasteiger partial charge in [0.1, 0.15) is 12.1 Å². The van der Waals surface area contributed by atoms with Crippen molar-refractivity contribution in [1.82, 2.24) is 4.98 Å². The maximum absolute atomic E-state index is 14.1. The molecule has 1 aliphatic heterocycles. The van der Waals surface area contributed by atoms with E-state index in [1.807, 2.05) is 0 Å². The van der Waals surface area contributed by atoms with Crippen molar-refractivity contribution in [2.24, 2.45) is 0 Å². The minimum absolute atomic E-state index is 0.0177. The highest BCUT2D eigenvalue weighted by atomic mass is 35.5. The van der Waals surface area contributed by atoms with Crippen molar-refractivity contribution in [3.63, 3.8) is 0 Å². The highest BCUT2D eigenvalue weighted by molar-refractivity contribution is 6.31. The Hall–Kier alpha value is -2.78. The third-order valence-electron chi connectivity index (χ3n) is 6.54. The quantitative estimate of drug-likeness (QED) is 0.342. The van der Waals surface area contributed by atoms with Gasteiger partial charge in [-0.1, -0.05) is 35.4 Å². The standard InChI is InChI=1S/C21H19Cl2FN4O4/c22-14-3-8-20(9-4-14,27(29)30)17-1-2-18(26(17)16-7-12-25-19(24)13-16)21(28(31)32)10-5-15(23)6-11-21/h3-8,10,12-13,17-18H,1-2,9,11H2/t17-,18-,20?,21?/m1/s1. The van der Waals surface area contributed by atoms with Crippen molar-refractivity contribution >= 4 is 28.9 Å². The number of allylic oxidation sites excluding steroid dienone is 4. The van der Waals surface area contributed by atoms with Crippen LogP contribution in [0.1, 0.15) is 25.7 Å². The van der Waals surface area contributed by atoms with E-state index in [0.29, 0.717) is 28.6 Å². The Bertz CT molecular complexity index is 1030. The van der Waals surface area contributed by atoms with Crippen LogP contribution >= 0.6 is 23.2 Å². The van der Waals surface area contributed by atoms with E-state index in [2.05, 4.69) is 4.98 Å². The van der Waals surface area contributed by atoms with E-state index in [1.54, 1.807) is 17.1 Å². The Balaban J connectivity index is 1.86. The number of hydrogen-bond donors (Lipinski definition) is 0. The summed E-state index contributed by atoms with van der Waals surface area (Å²) in [6, 6.07) is 1.12. The number of aromatic nitrogens is 1. The molecule has 8 nitrogen and oxygen atoms in total. The summed E-state index contributed by atoms with van der Waals surface area (Å²) in [6.45, 7) is 0. The molecule has 168 valence electrons. The summed E-state index contributed by atoms with van der Waals surface area (Å²) in [5, 5.41) is 25.5. The van der Waals surface area contributed by atoms with Crippen molar-refractivity contribution < 1.29 is 14.2 Å². The minimum Gasteiger partial charge on any atom is -0.350 e. The SMILES string of the molecule is O=[N+]([O-])C1([C@H]2CC[C@H](C3([N+](=O)[O-])C=CC(Cl)=CC3)N2c2ccnc(F)c2)C=CC(Cl)=CC1. The normalized spacial score (nSPS) is 31.9. The first-order valence-corrected chi connectivity index (χ1v) is 10.7. The lowest BCUT2D eigenvalue weighted by Gasteiger charge is -2.42. The predicted molar refractivity (Wildman–Crippen MR) is 118 cm³/mol. The van der Waals surface area contributed by atoms with E-state index in [-0.39, 0.29) is 22.7 Å². The van der Waals surface area contributed by atoms with Crippen molar-refractivity contribution in [1.29, 1.82) is 0 Å². The van der Waals surface area contributed by atoms with E-state index in [0.717, 1.165) is 6.07 Å². The summed E-state index contributed by atoms with van der Waals surface area (Å²) in [5.41, 5.74) is -2.84. The summed E-state index contributed by atoms with van der Waals surface area (Å²) in [7, 11) is 0. The predicted octanol–water partition coefficient (Wildman–Crippen LogP) is 4.75. The zero-order chi connectivity index (χ0) is 23.1. The molecule has 1 saturated heterocycles. The van der Waals surface area contributed by atoms with E-state index in [9.17, 15) is 24.6 Å². The molecular formula is C21H19Cl2FN4O4. The van der Waals surface area contributed by atoms with E-state index in [1.165, 1.54) is 36.6 Å². The number of nitrogens with zero attached hydrogens (tertiary/aromatic N) is 4. The number of rotatable bonds is 5. The Morgan fingerprint density at radius 2 is 1.50 bits per heavy atom. The molecule has 4 atom stereocenters. The molecule has 4 rings (SSSR count). The fraction of sp³-hybridized carbons (Fsp3) is 0.381. The van der Waals surface area contributed by atoms with Crippen LogP contribution in [0.4, 0.5) is 10.1 Å². The average molecular weight is 481 g/mol. The van der Waals surface area contributed by atoms with Crippen LogP contribution in [0, 0.1) is 26.2 Å². The maximum Gasteiger partial charge on any atom is 0.263 e. The number of nitro groups is 2. The minimum atomic E-state index is -1.57. The van der Waals surface area contributed by atoms with Crippen LogP contribution in [0.2, 0.25) is 0 Å². The second kappa shape index (κ2) is 8.29. The van der Waals surface area contributed by atoms with E-state index in [4.69, 9.17) is 23.2 Å². The molecule has 1 fully saturated rings. The van der Waals surface area contributed by atoms with Gasteiger partial charge in [-0.05, 0) is 43.2 Å². The molecule has 32 heavy (non-hydrogen) atoms. The molecule has 0 radical (unpaired) electrons. The van der Waals surface area contributed by atoms with Gasteiger partial charge in [-0.25, -0.2) is 4.98 Å². The van der Waals surface area contributed by atoms with Gasteiger partial charge in [0.25, 0.3) is 11.1 Å². The summed E-state index contributed by atoms with van der Waals surface area (Å²) in [4.78, 5) is 29.1. The summed E-state index contributed by atoms with van der Waals surface area (Å²) in [6.07, 6.45) is 10.8. The van der Waals surface area contributed by atoms with Crippen LogP contribution in [0.3, 0.4) is 0 Å². The van der Waals surface area contributed by atoms with Crippen LogP contribution in [0.25, 0.3) is 0 Å². The van der Waals surface area contributed by atoms with Crippen LogP contribution in [0.15, 0.2) is 64.9 Å². The first kappa shape index (κ1) is 22.4. The lowest BCUT2D eigenvalue weighted by atomic mass is 9.82. The monoisotopic (exact) mass is 480 g/mol. The topological polar surface area (TPSA) is 102 Å². The van der Waals surface area contributed by atoms with Gasteiger partial charge in [0, 0.05) is 50.7 Å². The Labute approximate surface area is 193 Å². The van der Waals surface area contributed by atoms with Gasteiger partial charge in [0.05, 0.1) is 0 Å². The molecule has 0 saturated carbocycles. The van der Waals surface area contributed by atoms with E-state index < -0.39 is 29.1 Å². The van der Waals surface area contributed by atoms with Gasteiger partial charge in [-0.15, -0.1) is 0 Å². The number of halogens is 3. The maximum atomic E-state index is 14.1. The van der Waals surface area contributed by atoms with Crippen LogP contribution in [0.5, 0.6) is 0 Å². The lowest BCUT2D eigenvalue weighted by Crippen LogP contribution is -2.61. The second-order valence-electron chi connectivity index (χ2n) is 8.10. The molecule has 2 aliphatic carbocycles. The largest absolute Gasteiger partial charge is 0.350 e. The molecule has 1 aromatic rings.